The molecule has 0 aromatic heterocycles. The van der Waals surface area contributed by atoms with Crippen molar-refractivity contribution < 1.29 is 10.2 Å². The highest BCUT2D eigenvalue weighted by Gasteiger charge is 2.40. The molecule has 2 aliphatic carbocycles. The Hall–Kier alpha value is -0.340. The van der Waals surface area contributed by atoms with Crippen molar-refractivity contribution in [1.82, 2.24) is 0 Å². The van der Waals surface area contributed by atoms with Gasteiger partial charge in [0.05, 0.1) is 6.10 Å². The maximum Gasteiger partial charge on any atom is 0.0602 e. The molecule has 0 amide bonds. The number of allylic oxidation sites excluding steroid dienone is 2. The van der Waals surface area contributed by atoms with Crippen molar-refractivity contribution in [2.45, 2.75) is 38.7 Å². The largest absolute Gasteiger partial charge is 0.396 e. The van der Waals surface area contributed by atoms with Crippen LogP contribution in [0.4, 0.5) is 0 Å². The fraction of sp³-hybridized carbons (Fsp3) is 0.846. The normalized spacial score (nSPS) is 45.1. The van der Waals surface area contributed by atoms with Crippen molar-refractivity contribution in [1.29, 1.82) is 0 Å². The molecule has 15 heavy (non-hydrogen) atoms. The zero-order chi connectivity index (χ0) is 10.8. The van der Waals surface area contributed by atoms with E-state index in [9.17, 15) is 5.11 Å². The molecule has 2 aliphatic rings. The van der Waals surface area contributed by atoms with E-state index in [-0.39, 0.29) is 12.7 Å². The van der Waals surface area contributed by atoms with Gasteiger partial charge in [-0.25, -0.2) is 0 Å². The molecule has 2 N–H and O–H groups in total. The Morgan fingerprint density at radius 3 is 2.87 bits per heavy atom. The van der Waals surface area contributed by atoms with Gasteiger partial charge in [0.1, 0.15) is 0 Å². The summed E-state index contributed by atoms with van der Waals surface area (Å²) in [5, 5.41) is 19.3. The maximum absolute atomic E-state index is 10.3. The summed E-state index contributed by atoms with van der Waals surface area (Å²) in [6.07, 6.45) is 8.61. The van der Waals surface area contributed by atoms with Gasteiger partial charge in [0.25, 0.3) is 0 Å². The van der Waals surface area contributed by atoms with Crippen LogP contribution in [-0.2, 0) is 0 Å². The summed E-state index contributed by atoms with van der Waals surface area (Å²) in [5.74, 6) is 1.87. The second-order valence-electron chi connectivity index (χ2n) is 5.22. The van der Waals surface area contributed by atoms with E-state index in [1.807, 2.05) is 0 Å². The Morgan fingerprint density at radius 2 is 2.13 bits per heavy atom. The minimum atomic E-state index is -0.162. The second kappa shape index (κ2) is 4.67. The van der Waals surface area contributed by atoms with E-state index in [4.69, 9.17) is 5.11 Å². The minimum Gasteiger partial charge on any atom is -0.396 e. The Labute approximate surface area is 92.0 Å². The molecule has 0 aliphatic heterocycles. The number of fused-ring (bicyclic) bond motifs is 1. The summed E-state index contributed by atoms with van der Waals surface area (Å²) < 4.78 is 0. The lowest BCUT2D eigenvalue weighted by Gasteiger charge is -2.44. The molecule has 1 saturated carbocycles. The Kier molecular flexibility index (Phi) is 3.47. The third kappa shape index (κ3) is 2.11. The lowest BCUT2D eigenvalue weighted by Crippen LogP contribution is -2.43. The fourth-order valence-corrected chi connectivity index (χ4v) is 3.37. The molecule has 2 nitrogen and oxygen atoms in total. The van der Waals surface area contributed by atoms with Crippen LogP contribution in [0.5, 0.6) is 0 Å². The molecule has 2 rings (SSSR count). The van der Waals surface area contributed by atoms with Crippen LogP contribution >= 0.6 is 0 Å². The summed E-state index contributed by atoms with van der Waals surface area (Å²) >= 11 is 0. The van der Waals surface area contributed by atoms with Gasteiger partial charge >= 0.3 is 0 Å². The lowest BCUT2D eigenvalue weighted by atomic mass is 9.63. The number of hydrogen-bond donors (Lipinski definition) is 2. The van der Waals surface area contributed by atoms with Gasteiger partial charge in [-0.2, -0.15) is 0 Å². The molecule has 0 spiro atoms. The van der Waals surface area contributed by atoms with E-state index >= 15 is 0 Å². The smallest absolute Gasteiger partial charge is 0.0602 e. The zero-order valence-corrected chi connectivity index (χ0v) is 9.47. The Balaban J connectivity index is 2.12. The van der Waals surface area contributed by atoms with Gasteiger partial charge in [0.2, 0.25) is 0 Å². The topological polar surface area (TPSA) is 40.5 Å². The molecule has 0 heterocycles. The molecule has 0 saturated heterocycles. The van der Waals surface area contributed by atoms with E-state index in [2.05, 4.69) is 19.1 Å². The minimum absolute atomic E-state index is 0.162. The molecule has 0 bridgehead atoms. The van der Waals surface area contributed by atoms with Gasteiger partial charge in [0, 0.05) is 6.61 Å². The van der Waals surface area contributed by atoms with Crippen molar-refractivity contribution in [2.75, 3.05) is 6.61 Å². The molecule has 1 fully saturated rings. The third-order valence-electron chi connectivity index (χ3n) is 4.29. The van der Waals surface area contributed by atoms with Crippen LogP contribution in [0, 0.1) is 23.7 Å². The molecular weight excluding hydrogens is 188 g/mol. The lowest BCUT2D eigenvalue weighted by molar-refractivity contribution is -0.0339. The molecule has 86 valence electrons. The van der Waals surface area contributed by atoms with Crippen molar-refractivity contribution >= 4 is 0 Å². The average molecular weight is 210 g/mol. The number of aliphatic hydroxyl groups excluding tert-OH is 2. The van der Waals surface area contributed by atoms with Gasteiger partial charge < -0.3 is 10.2 Å². The highest BCUT2D eigenvalue weighted by atomic mass is 16.3. The standard InChI is InChI=1S/C13H22O2/c1-9-5-6-10-3-2-4-11(7-8-14)12(10)13(9)15/h2,4,9-15H,3,5-8H2,1H3/t9-,10?,11-,12?,13-/m0/s1. The van der Waals surface area contributed by atoms with Crippen molar-refractivity contribution in [2.24, 2.45) is 23.7 Å². The number of aliphatic hydroxyl groups is 2. The van der Waals surface area contributed by atoms with E-state index in [0.717, 1.165) is 19.3 Å². The first-order chi connectivity index (χ1) is 7.24. The first-order valence-corrected chi connectivity index (χ1v) is 6.19. The average Bonchev–Trinajstić information content (AvgIpc) is 2.24. The maximum atomic E-state index is 10.3. The predicted molar refractivity (Wildman–Crippen MR) is 60.3 cm³/mol. The molecular formula is C13H22O2. The van der Waals surface area contributed by atoms with Gasteiger partial charge in [-0.15, -0.1) is 0 Å². The third-order valence-corrected chi connectivity index (χ3v) is 4.29. The number of hydrogen-bond acceptors (Lipinski definition) is 2. The molecule has 0 aromatic carbocycles. The van der Waals surface area contributed by atoms with Crippen molar-refractivity contribution in [3.63, 3.8) is 0 Å². The molecule has 0 aromatic rings. The van der Waals surface area contributed by atoms with E-state index in [1.54, 1.807) is 0 Å². The van der Waals surface area contributed by atoms with E-state index in [1.165, 1.54) is 6.42 Å². The van der Waals surface area contributed by atoms with E-state index in [0.29, 0.717) is 23.7 Å². The summed E-state index contributed by atoms with van der Waals surface area (Å²) in [7, 11) is 0. The van der Waals surface area contributed by atoms with Crippen molar-refractivity contribution in [3.05, 3.63) is 12.2 Å². The fourth-order valence-electron chi connectivity index (χ4n) is 3.37. The van der Waals surface area contributed by atoms with Gasteiger partial charge in [-0.1, -0.05) is 19.1 Å². The molecule has 2 heteroatoms. The molecule has 2 unspecified atom stereocenters. The highest BCUT2D eigenvalue weighted by Crippen LogP contribution is 2.44. The van der Waals surface area contributed by atoms with E-state index < -0.39 is 0 Å². The van der Waals surface area contributed by atoms with Crippen molar-refractivity contribution in [3.8, 4) is 0 Å². The highest BCUT2D eigenvalue weighted by molar-refractivity contribution is 5.04. The van der Waals surface area contributed by atoms with Gasteiger partial charge in [-0.3, -0.25) is 0 Å². The van der Waals surface area contributed by atoms with Crippen LogP contribution in [0.1, 0.15) is 32.6 Å². The first-order valence-electron chi connectivity index (χ1n) is 6.19. The van der Waals surface area contributed by atoms with Crippen LogP contribution in [0.15, 0.2) is 12.2 Å². The monoisotopic (exact) mass is 210 g/mol. The second-order valence-corrected chi connectivity index (χ2v) is 5.22. The van der Waals surface area contributed by atoms with Crippen LogP contribution < -0.4 is 0 Å². The quantitative estimate of drug-likeness (QED) is 0.684. The predicted octanol–water partition coefficient (Wildman–Crippen LogP) is 1.97. The first kappa shape index (κ1) is 11.2. The number of rotatable bonds is 2. The zero-order valence-electron chi connectivity index (χ0n) is 9.47. The van der Waals surface area contributed by atoms with Crippen LogP contribution in [0.2, 0.25) is 0 Å². The Bertz CT molecular complexity index is 237. The van der Waals surface area contributed by atoms with Gasteiger partial charge in [0.15, 0.2) is 0 Å². The summed E-state index contributed by atoms with van der Waals surface area (Å²) in [4.78, 5) is 0. The van der Waals surface area contributed by atoms with Gasteiger partial charge in [-0.05, 0) is 49.4 Å². The molecule has 0 radical (unpaired) electrons. The van der Waals surface area contributed by atoms with Crippen LogP contribution in [0.25, 0.3) is 0 Å². The Morgan fingerprint density at radius 1 is 1.33 bits per heavy atom. The molecule has 5 atom stereocenters. The summed E-state index contributed by atoms with van der Waals surface area (Å²) in [5.41, 5.74) is 0. The summed E-state index contributed by atoms with van der Waals surface area (Å²) in [6, 6.07) is 0. The van der Waals surface area contributed by atoms with Crippen LogP contribution in [0.3, 0.4) is 0 Å². The summed E-state index contributed by atoms with van der Waals surface area (Å²) in [6.45, 7) is 2.38. The van der Waals surface area contributed by atoms with Crippen LogP contribution in [-0.4, -0.2) is 22.9 Å². The SMILES string of the molecule is C[C@H]1CCC2CC=C[C@@H](CCO)C2[C@H]1O.